The molecule has 0 bridgehead atoms. The van der Waals surface area contributed by atoms with Crippen molar-refractivity contribution in [3.63, 3.8) is 0 Å². The van der Waals surface area contributed by atoms with E-state index in [4.69, 9.17) is 0 Å². The topological polar surface area (TPSA) is 77.9 Å². The van der Waals surface area contributed by atoms with Crippen molar-refractivity contribution in [3.05, 3.63) is 15.8 Å². The van der Waals surface area contributed by atoms with Crippen molar-refractivity contribution in [1.82, 2.24) is 4.90 Å². The van der Waals surface area contributed by atoms with Gasteiger partial charge in [0.15, 0.2) is 0 Å². The van der Waals surface area contributed by atoms with Crippen molar-refractivity contribution in [3.8, 4) is 11.8 Å². The quantitative estimate of drug-likeness (QED) is 0.615. The molecule has 1 N–H and O–H groups in total. The Morgan fingerprint density at radius 2 is 1.78 bits per heavy atom. The molecule has 0 aliphatic heterocycles. The molecule has 2 rings (SSSR count). The lowest BCUT2D eigenvalue weighted by atomic mass is 9.82. The number of carbonyl (C=O) groups is 3. The molecule has 1 fully saturated rings. The number of hydrogen-bond donors (Lipinski definition) is 1. The van der Waals surface area contributed by atoms with E-state index in [-0.39, 0.29) is 34.4 Å². The fourth-order valence-corrected chi connectivity index (χ4v) is 4.67. The highest BCUT2D eigenvalue weighted by Gasteiger charge is 2.35. The molecule has 32 heavy (non-hydrogen) atoms. The largest absolute Gasteiger partial charge is 0.477 e. The van der Waals surface area contributed by atoms with E-state index in [1.54, 1.807) is 25.1 Å². The van der Waals surface area contributed by atoms with Gasteiger partial charge in [0.25, 0.3) is 0 Å². The first-order valence-corrected chi connectivity index (χ1v) is 12.0. The van der Waals surface area contributed by atoms with Crippen molar-refractivity contribution in [2.45, 2.75) is 72.8 Å². The molecule has 176 valence electrons. The fraction of sp³-hybridized carbons (Fsp3) is 0.640. The summed E-state index contributed by atoms with van der Waals surface area (Å²) in [4.78, 5) is 41.9. The second-order valence-corrected chi connectivity index (χ2v) is 11.2. The Morgan fingerprint density at radius 1 is 1.19 bits per heavy atom. The van der Waals surface area contributed by atoms with E-state index in [0.29, 0.717) is 16.5 Å². The molecular weight excluding hydrogens is 424 g/mol. The third-order valence-electron chi connectivity index (χ3n) is 5.74. The van der Waals surface area contributed by atoms with Crippen molar-refractivity contribution >= 4 is 34.8 Å². The minimum absolute atomic E-state index is 0.0879. The summed E-state index contributed by atoms with van der Waals surface area (Å²) in [6.07, 6.45) is 3.65. The molecule has 2 amide bonds. The Morgan fingerprint density at radius 3 is 2.28 bits per heavy atom. The van der Waals surface area contributed by atoms with Crippen molar-refractivity contribution in [1.29, 1.82) is 0 Å². The fourth-order valence-electron chi connectivity index (χ4n) is 3.83. The Hall–Kier alpha value is -2.33. The summed E-state index contributed by atoms with van der Waals surface area (Å²) in [6, 6.07) is 1.24. The molecule has 1 aliphatic carbocycles. The van der Waals surface area contributed by atoms with Crippen LogP contribution in [0.2, 0.25) is 0 Å². The van der Waals surface area contributed by atoms with Crippen LogP contribution in [0.4, 0.5) is 5.69 Å². The van der Waals surface area contributed by atoms with Crippen molar-refractivity contribution in [2.24, 2.45) is 17.3 Å². The minimum atomic E-state index is -1.09. The molecule has 1 aliphatic rings. The first kappa shape index (κ1) is 25.9. The predicted octanol–water partition coefficient (Wildman–Crippen LogP) is 4.87. The van der Waals surface area contributed by atoms with Crippen LogP contribution >= 0.6 is 11.3 Å². The Kier molecular flexibility index (Phi) is 8.53. The summed E-state index contributed by atoms with van der Waals surface area (Å²) in [5, 5.41) is 9.88. The first-order valence-electron chi connectivity index (χ1n) is 11.2. The van der Waals surface area contributed by atoms with E-state index >= 15 is 0 Å². The van der Waals surface area contributed by atoms with Crippen LogP contribution < -0.4 is 4.90 Å². The lowest BCUT2D eigenvalue weighted by Crippen LogP contribution is -2.45. The number of amides is 2. The standard InChI is InChI=1S/C25H36N2O4S/c1-16-8-10-18(11-9-16)23(29)27(17(2)14-21(28)26(6)7)20-15-19(12-13-25(3,4)5)32-22(20)24(30)31/h15-18H,8-11,14H2,1-7H3,(H,30,31)/t16?,17-,18?/m0/s1. The van der Waals surface area contributed by atoms with Crippen LogP contribution in [0, 0.1) is 29.1 Å². The molecule has 0 radical (unpaired) electrons. The molecule has 6 nitrogen and oxygen atoms in total. The summed E-state index contributed by atoms with van der Waals surface area (Å²) in [5.41, 5.74) is 0.121. The summed E-state index contributed by atoms with van der Waals surface area (Å²) >= 11 is 1.08. The van der Waals surface area contributed by atoms with E-state index in [1.165, 1.54) is 4.90 Å². The lowest BCUT2D eigenvalue weighted by Gasteiger charge is -2.35. The highest BCUT2D eigenvalue weighted by molar-refractivity contribution is 7.15. The van der Waals surface area contributed by atoms with E-state index < -0.39 is 12.0 Å². The molecule has 1 aromatic heterocycles. The Bertz CT molecular complexity index is 909. The number of hydrogen-bond acceptors (Lipinski definition) is 4. The van der Waals surface area contributed by atoms with Gasteiger partial charge in [-0.15, -0.1) is 11.3 Å². The van der Waals surface area contributed by atoms with Gasteiger partial charge in [0, 0.05) is 37.9 Å². The van der Waals surface area contributed by atoms with Crippen LogP contribution in [-0.2, 0) is 9.59 Å². The zero-order chi connectivity index (χ0) is 24.2. The number of anilines is 1. The molecule has 0 saturated heterocycles. The van der Waals surface area contributed by atoms with Crippen LogP contribution in [0.25, 0.3) is 0 Å². The van der Waals surface area contributed by atoms with Gasteiger partial charge >= 0.3 is 5.97 Å². The zero-order valence-electron chi connectivity index (χ0n) is 20.3. The molecule has 7 heteroatoms. The number of thiophene rings is 1. The monoisotopic (exact) mass is 460 g/mol. The molecule has 1 atom stereocenters. The number of carbonyl (C=O) groups excluding carboxylic acids is 2. The smallest absolute Gasteiger partial charge is 0.348 e. The van der Waals surface area contributed by atoms with E-state index in [2.05, 4.69) is 18.8 Å². The summed E-state index contributed by atoms with van der Waals surface area (Å²) < 4.78 is 0. The summed E-state index contributed by atoms with van der Waals surface area (Å²) in [6.45, 7) is 9.97. The maximum absolute atomic E-state index is 13.7. The molecule has 1 aromatic rings. The second kappa shape index (κ2) is 10.5. The van der Waals surface area contributed by atoms with E-state index in [0.717, 1.165) is 37.0 Å². The van der Waals surface area contributed by atoms with Gasteiger partial charge in [0.1, 0.15) is 4.88 Å². The van der Waals surface area contributed by atoms with Gasteiger partial charge in [-0.1, -0.05) is 18.8 Å². The third kappa shape index (κ3) is 6.83. The van der Waals surface area contributed by atoms with E-state index in [9.17, 15) is 19.5 Å². The third-order valence-corrected chi connectivity index (χ3v) is 6.77. The average Bonchev–Trinajstić information content (AvgIpc) is 3.10. The predicted molar refractivity (Wildman–Crippen MR) is 129 cm³/mol. The van der Waals surface area contributed by atoms with Crippen LogP contribution in [0.1, 0.15) is 81.3 Å². The average molecular weight is 461 g/mol. The van der Waals surface area contributed by atoms with Gasteiger partial charge in [0.2, 0.25) is 11.8 Å². The number of rotatable bonds is 6. The van der Waals surface area contributed by atoms with Crippen molar-refractivity contribution < 1.29 is 19.5 Å². The van der Waals surface area contributed by atoms with Crippen LogP contribution in [0.15, 0.2) is 6.07 Å². The number of carboxylic acid groups (broad SMARTS) is 1. The lowest BCUT2D eigenvalue weighted by molar-refractivity contribution is -0.129. The summed E-state index contributed by atoms with van der Waals surface area (Å²) in [5.74, 6) is 5.35. The van der Waals surface area contributed by atoms with Gasteiger partial charge in [0.05, 0.1) is 10.6 Å². The maximum Gasteiger partial charge on any atom is 0.348 e. The number of carboxylic acids is 1. The van der Waals surface area contributed by atoms with Crippen LogP contribution in [0.3, 0.4) is 0 Å². The van der Waals surface area contributed by atoms with Gasteiger partial charge < -0.3 is 14.9 Å². The normalized spacial score (nSPS) is 19.5. The van der Waals surface area contributed by atoms with Crippen LogP contribution in [-0.4, -0.2) is 47.9 Å². The van der Waals surface area contributed by atoms with Crippen molar-refractivity contribution in [2.75, 3.05) is 19.0 Å². The van der Waals surface area contributed by atoms with E-state index in [1.807, 2.05) is 27.7 Å². The Balaban J connectivity index is 2.51. The summed E-state index contributed by atoms with van der Waals surface area (Å²) in [7, 11) is 3.36. The van der Waals surface area contributed by atoms with Gasteiger partial charge in [-0.05, 0) is 65.4 Å². The SMILES string of the molecule is CC1CCC(C(=O)N(c2cc(C#CC(C)(C)C)sc2C(=O)O)[C@@H](C)CC(=O)N(C)C)CC1. The highest BCUT2D eigenvalue weighted by Crippen LogP contribution is 2.36. The van der Waals surface area contributed by atoms with Gasteiger partial charge in [-0.25, -0.2) is 4.79 Å². The van der Waals surface area contributed by atoms with Gasteiger partial charge in [-0.2, -0.15) is 0 Å². The highest BCUT2D eigenvalue weighted by atomic mass is 32.1. The molecular formula is C25H36N2O4S. The van der Waals surface area contributed by atoms with Gasteiger partial charge in [-0.3, -0.25) is 9.59 Å². The number of nitrogens with zero attached hydrogens (tertiary/aromatic N) is 2. The maximum atomic E-state index is 13.7. The molecule has 1 heterocycles. The molecule has 0 unspecified atom stereocenters. The van der Waals surface area contributed by atoms with Crippen LogP contribution in [0.5, 0.6) is 0 Å². The zero-order valence-corrected chi connectivity index (χ0v) is 21.1. The first-order chi connectivity index (χ1) is 14.8. The molecule has 1 saturated carbocycles. The molecule has 0 spiro atoms. The minimum Gasteiger partial charge on any atom is -0.477 e. The second-order valence-electron chi connectivity index (χ2n) is 10.1. The Labute approximate surface area is 196 Å². The number of aromatic carboxylic acids is 1. The molecule has 0 aromatic carbocycles.